The van der Waals surface area contributed by atoms with Crippen LogP contribution in [0.2, 0.25) is 0 Å². The molecule has 0 radical (unpaired) electrons. The van der Waals surface area contributed by atoms with Crippen LogP contribution in [0.4, 0.5) is 11.4 Å². The van der Waals surface area contributed by atoms with Crippen molar-refractivity contribution in [1.82, 2.24) is 0 Å². The number of ketones is 2. The SMILES string of the molecule is CCC[C@H]1CC[C@H](c2cc([N+](=O)[O-])c3c(c2O)C(=O)c2c([N+](=O)[O-])cc(C)c(O)c2C3=O)CC1. The number of hydrogen-bond acceptors (Lipinski definition) is 8. The van der Waals surface area contributed by atoms with Crippen LogP contribution in [0.1, 0.15) is 94.3 Å². The van der Waals surface area contributed by atoms with Gasteiger partial charge in [0.2, 0.25) is 11.6 Å². The second-order valence-corrected chi connectivity index (χ2v) is 9.07. The number of aromatic hydroxyl groups is 2. The van der Waals surface area contributed by atoms with Gasteiger partial charge < -0.3 is 10.2 Å². The minimum atomic E-state index is -1.10. The molecule has 0 saturated heterocycles. The Balaban J connectivity index is 1.94. The van der Waals surface area contributed by atoms with Gasteiger partial charge in [-0.05, 0) is 50.0 Å². The second-order valence-electron chi connectivity index (χ2n) is 9.07. The number of fused-ring (bicyclic) bond motifs is 2. The predicted octanol–water partition coefficient (Wildman–Crippen LogP) is 5.07. The number of phenols is 2. The number of carbonyl (C=O) groups excluding carboxylic acids is 2. The molecule has 0 unspecified atom stereocenters. The van der Waals surface area contributed by atoms with E-state index in [4.69, 9.17) is 0 Å². The Labute approximate surface area is 194 Å². The van der Waals surface area contributed by atoms with Crippen LogP contribution < -0.4 is 0 Å². The first-order chi connectivity index (χ1) is 16.1. The van der Waals surface area contributed by atoms with Gasteiger partial charge >= 0.3 is 0 Å². The van der Waals surface area contributed by atoms with Crippen molar-refractivity contribution in [2.45, 2.75) is 58.3 Å². The van der Waals surface area contributed by atoms with Gasteiger partial charge in [0, 0.05) is 17.7 Å². The number of aryl methyl sites for hydroxylation is 1. The minimum Gasteiger partial charge on any atom is -0.507 e. The molecule has 0 aliphatic heterocycles. The number of hydrogen-bond donors (Lipinski definition) is 2. The van der Waals surface area contributed by atoms with Crippen LogP contribution in [0.3, 0.4) is 0 Å². The molecular weight excluding hydrogens is 444 g/mol. The first-order valence-electron chi connectivity index (χ1n) is 11.2. The van der Waals surface area contributed by atoms with Gasteiger partial charge in [0.15, 0.2) is 0 Å². The molecule has 2 aliphatic rings. The van der Waals surface area contributed by atoms with Crippen molar-refractivity contribution in [2.75, 3.05) is 0 Å². The van der Waals surface area contributed by atoms with Gasteiger partial charge in [0.1, 0.15) is 22.6 Å². The maximum absolute atomic E-state index is 13.5. The van der Waals surface area contributed by atoms with Crippen LogP contribution in [0.15, 0.2) is 12.1 Å². The third-order valence-electron chi connectivity index (χ3n) is 7.06. The quantitative estimate of drug-likeness (QED) is 0.387. The highest BCUT2D eigenvalue weighted by atomic mass is 16.6. The van der Waals surface area contributed by atoms with Gasteiger partial charge in [-0.2, -0.15) is 0 Å². The lowest BCUT2D eigenvalue weighted by molar-refractivity contribution is -0.385. The molecule has 0 aromatic heterocycles. The molecule has 34 heavy (non-hydrogen) atoms. The molecule has 0 spiro atoms. The molecule has 1 saturated carbocycles. The molecule has 0 amide bonds. The van der Waals surface area contributed by atoms with Gasteiger partial charge in [0.25, 0.3) is 11.4 Å². The maximum atomic E-state index is 13.5. The molecule has 2 aromatic carbocycles. The number of rotatable bonds is 5. The fraction of sp³-hybridized carbons (Fsp3) is 0.417. The number of carbonyl (C=O) groups is 2. The molecule has 4 rings (SSSR count). The summed E-state index contributed by atoms with van der Waals surface area (Å²) in [7, 11) is 0. The molecular formula is C24H24N2O8. The van der Waals surface area contributed by atoms with Gasteiger partial charge in [-0.25, -0.2) is 0 Å². The van der Waals surface area contributed by atoms with Crippen molar-refractivity contribution in [1.29, 1.82) is 0 Å². The van der Waals surface area contributed by atoms with Crippen LogP contribution in [0.5, 0.6) is 11.5 Å². The second kappa shape index (κ2) is 8.51. The smallest absolute Gasteiger partial charge is 0.281 e. The van der Waals surface area contributed by atoms with E-state index in [1.165, 1.54) is 6.92 Å². The molecule has 2 aromatic rings. The molecule has 2 aliphatic carbocycles. The van der Waals surface area contributed by atoms with Crippen LogP contribution in [-0.4, -0.2) is 31.6 Å². The Morgan fingerprint density at radius 2 is 1.35 bits per heavy atom. The average Bonchev–Trinajstić information content (AvgIpc) is 2.79. The lowest BCUT2D eigenvalue weighted by Gasteiger charge is -2.30. The minimum absolute atomic E-state index is 0.0256. The van der Waals surface area contributed by atoms with E-state index in [1.54, 1.807) is 0 Å². The van der Waals surface area contributed by atoms with Gasteiger partial charge in [0.05, 0.1) is 21.0 Å². The van der Waals surface area contributed by atoms with E-state index in [1.807, 2.05) is 0 Å². The van der Waals surface area contributed by atoms with Crippen molar-refractivity contribution < 1.29 is 29.6 Å². The molecule has 10 heteroatoms. The summed E-state index contributed by atoms with van der Waals surface area (Å²) >= 11 is 0. The topological polar surface area (TPSA) is 161 Å². The van der Waals surface area contributed by atoms with E-state index in [-0.39, 0.29) is 17.0 Å². The van der Waals surface area contributed by atoms with E-state index in [2.05, 4.69) is 6.92 Å². The zero-order valence-electron chi connectivity index (χ0n) is 18.8. The third kappa shape index (κ3) is 3.49. The first kappa shape index (κ1) is 23.3. The Bertz CT molecular complexity index is 1260. The standard InChI is InChI=1S/C24H24N2O8/c1-3-4-12-5-7-13(8-6-12)14-10-16(26(33)34)18-20(22(14)28)24(30)17-15(25(31)32)9-11(2)21(27)19(17)23(18)29/h9-10,12-13,27-28H,3-8H2,1-2H3/t12-,13-. The molecule has 2 N–H and O–H groups in total. The highest BCUT2D eigenvalue weighted by molar-refractivity contribution is 6.33. The summed E-state index contributed by atoms with van der Waals surface area (Å²) in [4.78, 5) is 48.7. The van der Waals surface area contributed by atoms with E-state index < -0.39 is 66.5 Å². The zero-order chi connectivity index (χ0) is 24.9. The molecule has 0 heterocycles. The number of phenolic OH excluding ortho intramolecular Hbond substituents is 2. The molecule has 10 nitrogen and oxygen atoms in total. The normalized spacial score (nSPS) is 19.5. The highest BCUT2D eigenvalue weighted by Gasteiger charge is 2.45. The third-order valence-corrected chi connectivity index (χ3v) is 7.06. The number of nitro groups is 2. The van der Waals surface area contributed by atoms with Crippen LogP contribution >= 0.6 is 0 Å². The summed E-state index contributed by atoms with van der Waals surface area (Å²) in [5.74, 6) is -3.12. The Hall–Kier alpha value is -3.82. The summed E-state index contributed by atoms with van der Waals surface area (Å²) in [6, 6.07) is 2.10. The zero-order valence-corrected chi connectivity index (χ0v) is 18.8. The Morgan fingerprint density at radius 1 is 0.853 bits per heavy atom. The van der Waals surface area contributed by atoms with Crippen molar-refractivity contribution in [2.24, 2.45) is 5.92 Å². The highest BCUT2D eigenvalue weighted by Crippen LogP contribution is 2.49. The van der Waals surface area contributed by atoms with Gasteiger partial charge in [-0.3, -0.25) is 29.8 Å². The van der Waals surface area contributed by atoms with E-state index in [0.29, 0.717) is 18.8 Å². The monoisotopic (exact) mass is 468 g/mol. The summed E-state index contributed by atoms with van der Waals surface area (Å²) in [6.45, 7) is 3.42. The Kier molecular flexibility index (Phi) is 5.84. The molecule has 178 valence electrons. The summed E-state index contributed by atoms with van der Waals surface area (Å²) < 4.78 is 0. The number of nitrogens with zero attached hydrogens (tertiary/aromatic N) is 2. The van der Waals surface area contributed by atoms with Crippen molar-refractivity contribution in [3.05, 3.63) is 65.7 Å². The number of nitro benzene ring substituents is 2. The van der Waals surface area contributed by atoms with E-state index >= 15 is 0 Å². The largest absolute Gasteiger partial charge is 0.507 e. The van der Waals surface area contributed by atoms with Crippen molar-refractivity contribution in [3.63, 3.8) is 0 Å². The lowest BCUT2D eigenvalue weighted by Crippen LogP contribution is -2.25. The summed E-state index contributed by atoms with van der Waals surface area (Å²) in [6.07, 6.45) is 5.18. The van der Waals surface area contributed by atoms with Crippen molar-refractivity contribution in [3.8, 4) is 11.5 Å². The first-order valence-corrected chi connectivity index (χ1v) is 11.2. The van der Waals surface area contributed by atoms with Gasteiger partial charge in [-0.1, -0.05) is 19.8 Å². The average molecular weight is 468 g/mol. The fourth-order valence-corrected chi connectivity index (χ4v) is 5.39. The van der Waals surface area contributed by atoms with Crippen LogP contribution in [0.25, 0.3) is 0 Å². The summed E-state index contributed by atoms with van der Waals surface area (Å²) in [5.41, 5.74) is -3.78. The Morgan fingerprint density at radius 3 is 1.85 bits per heavy atom. The van der Waals surface area contributed by atoms with Crippen LogP contribution in [-0.2, 0) is 0 Å². The number of benzene rings is 2. The lowest BCUT2D eigenvalue weighted by atomic mass is 9.74. The van der Waals surface area contributed by atoms with Crippen molar-refractivity contribution >= 4 is 22.9 Å². The predicted molar refractivity (Wildman–Crippen MR) is 121 cm³/mol. The molecule has 0 bridgehead atoms. The van der Waals surface area contributed by atoms with E-state index in [0.717, 1.165) is 37.8 Å². The molecule has 0 atom stereocenters. The fourth-order valence-electron chi connectivity index (χ4n) is 5.39. The van der Waals surface area contributed by atoms with Crippen LogP contribution in [0, 0.1) is 33.1 Å². The molecule has 1 fully saturated rings. The van der Waals surface area contributed by atoms with Gasteiger partial charge in [-0.15, -0.1) is 0 Å². The van der Waals surface area contributed by atoms with E-state index in [9.17, 15) is 40.0 Å². The maximum Gasteiger partial charge on any atom is 0.281 e. The summed E-state index contributed by atoms with van der Waals surface area (Å²) in [5, 5.41) is 45.1.